The molecule has 1 fully saturated rings. The van der Waals surface area contributed by atoms with Crippen LogP contribution >= 0.6 is 0 Å². The van der Waals surface area contributed by atoms with Crippen LogP contribution in [0.15, 0.2) is 48.8 Å². The molecule has 0 aliphatic carbocycles. The van der Waals surface area contributed by atoms with Crippen LogP contribution in [0.4, 0.5) is 5.69 Å². The molecule has 3 rings (SSSR count). The van der Waals surface area contributed by atoms with Crippen molar-refractivity contribution in [2.24, 2.45) is 0 Å². The zero-order valence-corrected chi connectivity index (χ0v) is 14.2. The molecule has 1 aromatic carbocycles. The zero-order chi connectivity index (χ0) is 16.8. The maximum Gasteiger partial charge on any atom is 0.253 e. The van der Waals surface area contributed by atoms with E-state index >= 15 is 0 Å². The van der Waals surface area contributed by atoms with E-state index < -0.39 is 0 Å². The Morgan fingerprint density at radius 1 is 1.25 bits per heavy atom. The number of benzene rings is 1. The lowest BCUT2D eigenvalue weighted by Gasteiger charge is -2.37. The molecule has 0 saturated carbocycles. The van der Waals surface area contributed by atoms with Crippen LogP contribution < -0.4 is 10.2 Å². The first-order valence-electron chi connectivity index (χ1n) is 8.81. The maximum absolute atomic E-state index is 12.4. The summed E-state index contributed by atoms with van der Waals surface area (Å²) in [6, 6.07) is 12.5. The average Bonchev–Trinajstić information content (AvgIpc) is 2.67. The fraction of sp³-hybridized carbons (Fsp3) is 0.400. The van der Waals surface area contributed by atoms with Gasteiger partial charge in [0, 0.05) is 25.3 Å². The molecule has 1 atom stereocenters. The van der Waals surface area contributed by atoms with Crippen LogP contribution in [0.2, 0.25) is 0 Å². The van der Waals surface area contributed by atoms with Crippen molar-refractivity contribution in [1.29, 1.82) is 0 Å². The van der Waals surface area contributed by atoms with Crippen LogP contribution in [0.5, 0.6) is 0 Å². The van der Waals surface area contributed by atoms with Gasteiger partial charge in [-0.25, -0.2) is 0 Å². The van der Waals surface area contributed by atoms with Gasteiger partial charge >= 0.3 is 0 Å². The molecule has 4 heteroatoms. The van der Waals surface area contributed by atoms with Gasteiger partial charge in [0.25, 0.3) is 5.91 Å². The summed E-state index contributed by atoms with van der Waals surface area (Å²) in [4.78, 5) is 19.1. The Hall–Kier alpha value is -2.36. The number of nitrogens with one attached hydrogen (secondary N) is 1. The number of aromatic nitrogens is 1. The van der Waals surface area contributed by atoms with Crippen molar-refractivity contribution in [3.8, 4) is 0 Å². The van der Waals surface area contributed by atoms with Crippen LogP contribution in [-0.2, 0) is 6.54 Å². The molecule has 1 aliphatic heterocycles. The minimum Gasteiger partial charge on any atom is -0.367 e. The van der Waals surface area contributed by atoms with Crippen molar-refractivity contribution in [3.05, 3.63) is 59.9 Å². The van der Waals surface area contributed by atoms with E-state index in [1.165, 1.54) is 19.3 Å². The molecule has 2 heterocycles. The smallest absolute Gasteiger partial charge is 0.253 e. The normalized spacial score (nSPS) is 17.5. The standard InChI is InChI=1S/C20H25N3O/c1-2-18-10-6-7-11-23(18)19-12-17(14-21-15-19)20(24)22-13-16-8-4-3-5-9-16/h3-5,8-9,12,14-15,18H,2,6-7,10-11,13H2,1H3,(H,22,24). The first kappa shape index (κ1) is 16.5. The number of nitrogens with zero attached hydrogens (tertiary/aromatic N) is 2. The highest BCUT2D eigenvalue weighted by atomic mass is 16.1. The molecule has 24 heavy (non-hydrogen) atoms. The van der Waals surface area contributed by atoms with Gasteiger partial charge in [-0.05, 0) is 37.3 Å². The number of hydrogen-bond acceptors (Lipinski definition) is 3. The van der Waals surface area contributed by atoms with E-state index in [1.54, 1.807) is 6.20 Å². The van der Waals surface area contributed by atoms with Crippen LogP contribution in [-0.4, -0.2) is 23.5 Å². The maximum atomic E-state index is 12.4. The SMILES string of the molecule is CCC1CCCCN1c1cncc(C(=O)NCc2ccccc2)c1. The summed E-state index contributed by atoms with van der Waals surface area (Å²) in [6.07, 6.45) is 8.38. The third-order valence-electron chi connectivity index (χ3n) is 4.71. The second kappa shape index (κ2) is 7.95. The van der Waals surface area contributed by atoms with E-state index in [1.807, 2.05) is 42.6 Å². The fourth-order valence-corrected chi connectivity index (χ4v) is 3.35. The second-order valence-electron chi connectivity index (χ2n) is 6.35. The molecule has 1 aliphatic rings. The number of amides is 1. The minimum absolute atomic E-state index is 0.0711. The average molecular weight is 323 g/mol. The molecule has 1 aromatic heterocycles. The Morgan fingerprint density at radius 3 is 2.88 bits per heavy atom. The summed E-state index contributed by atoms with van der Waals surface area (Å²) < 4.78 is 0. The molecule has 1 N–H and O–H groups in total. The lowest BCUT2D eigenvalue weighted by atomic mass is 9.99. The first-order valence-corrected chi connectivity index (χ1v) is 8.81. The van der Waals surface area contributed by atoms with Crippen LogP contribution in [0.25, 0.3) is 0 Å². The van der Waals surface area contributed by atoms with Crippen molar-refractivity contribution in [3.63, 3.8) is 0 Å². The Labute approximate surface area is 143 Å². The highest BCUT2D eigenvalue weighted by molar-refractivity contribution is 5.94. The topological polar surface area (TPSA) is 45.2 Å². The van der Waals surface area contributed by atoms with E-state index in [2.05, 4.69) is 22.1 Å². The van der Waals surface area contributed by atoms with Crippen molar-refractivity contribution in [2.45, 2.75) is 45.2 Å². The van der Waals surface area contributed by atoms with Gasteiger partial charge in [-0.15, -0.1) is 0 Å². The second-order valence-corrected chi connectivity index (χ2v) is 6.35. The predicted molar refractivity (Wildman–Crippen MR) is 97.1 cm³/mol. The summed E-state index contributed by atoms with van der Waals surface area (Å²) in [5, 5.41) is 2.97. The van der Waals surface area contributed by atoms with Crippen LogP contribution in [0, 0.1) is 0 Å². The molecule has 126 valence electrons. The van der Waals surface area contributed by atoms with Gasteiger partial charge in [0.15, 0.2) is 0 Å². The van der Waals surface area contributed by atoms with E-state index in [0.717, 1.165) is 24.2 Å². The molecule has 2 aromatic rings. The van der Waals surface area contributed by atoms with Gasteiger partial charge in [0.1, 0.15) is 0 Å². The van der Waals surface area contributed by atoms with Gasteiger partial charge in [-0.1, -0.05) is 37.3 Å². The number of piperidine rings is 1. The molecule has 1 amide bonds. The first-order chi connectivity index (χ1) is 11.8. The third kappa shape index (κ3) is 3.94. The zero-order valence-electron chi connectivity index (χ0n) is 14.2. The third-order valence-corrected chi connectivity index (χ3v) is 4.71. The summed E-state index contributed by atoms with van der Waals surface area (Å²) in [5.74, 6) is -0.0711. The number of hydrogen-bond donors (Lipinski definition) is 1. The van der Waals surface area contributed by atoms with E-state index in [4.69, 9.17) is 0 Å². The molecule has 1 unspecified atom stereocenters. The number of carbonyl (C=O) groups excluding carboxylic acids is 1. The van der Waals surface area contributed by atoms with Crippen molar-refractivity contribution in [2.75, 3.05) is 11.4 Å². The van der Waals surface area contributed by atoms with E-state index in [0.29, 0.717) is 18.2 Å². The van der Waals surface area contributed by atoms with Crippen molar-refractivity contribution < 1.29 is 4.79 Å². The number of carbonyl (C=O) groups is 1. The molecule has 1 saturated heterocycles. The summed E-state index contributed by atoms with van der Waals surface area (Å²) in [7, 11) is 0. The lowest BCUT2D eigenvalue weighted by molar-refractivity contribution is 0.0950. The quantitative estimate of drug-likeness (QED) is 0.911. The number of anilines is 1. The molecular weight excluding hydrogens is 298 g/mol. The molecule has 4 nitrogen and oxygen atoms in total. The predicted octanol–water partition coefficient (Wildman–Crippen LogP) is 3.78. The minimum atomic E-state index is -0.0711. The van der Waals surface area contributed by atoms with Crippen LogP contribution in [0.3, 0.4) is 0 Å². The Balaban J connectivity index is 1.69. The summed E-state index contributed by atoms with van der Waals surface area (Å²) in [6.45, 7) is 3.81. The Bertz CT molecular complexity index is 672. The number of pyridine rings is 1. The van der Waals surface area contributed by atoms with Gasteiger partial charge in [-0.3, -0.25) is 9.78 Å². The van der Waals surface area contributed by atoms with Gasteiger partial charge in [0.2, 0.25) is 0 Å². The highest BCUT2D eigenvalue weighted by Gasteiger charge is 2.22. The Kier molecular flexibility index (Phi) is 5.47. The Morgan fingerprint density at radius 2 is 2.08 bits per heavy atom. The molecule has 0 spiro atoms. The molecular formula is C20H25N3O. The highest BCUT2D eigenvalue weighted by Crippen LogP contribution is 2.26. The monoisotopic (exact) mass is 323 g/mol. The van der Waals surface area contributed by atoms with Gasteiger partial charge in [-0.2, -0.15) is 0 Å². The van der Waals surface area contributed by atoms with E-state index in [-0.39, 0.29) is 5.91 Å². The largest absolute Gasteiger partial charge is 0.367 e. The van der Waals surface area contributed by atoms with Gasteiger partial charge < -0.3 is 10.2 Å². The molecule has 0 radical (unpaired) electrons. The summed E-state index contributed by atoms with van der Waals surface area (Å²) in [5.41, 5.74) is 2.79. The van der Waals surface area contributed by atoms with Crippen LogP contribution in [0.1, 0.15) is 48.5 Å². The van der Waals surface area contributed by atoms with E-state index in [9.17, 15) is 4.79 Å². The number of rotatable bonds is 5. The van der Waals surface area contributed by atoms with Crippen molar-refractivity contribution in [1.82, 2.24) is 10.3 Å². The summed E-state index contributed by atoms with van der Waals surface area (Å²) >= 11 is 0. The van der Waals surface area contributed by atoms with Crippen molar-refractivity contribution >= 4 is 11.6 Å². The molecule has 0 bridgehead atoms. The fourth-order valence-electron chi connectivity index (χ4n) is 3.35. The lowest BCUT2D eigenvalue weighted by Crippen LogP contribution is -2.39. The van der Waals surface area contributed by atoms with Gasteiger partial charge in [0.05, 0.1) is 17.4 Å².